The van der Waals surface area contributed by atoms with Gasteiger partial charge in [0.05, 0.1) is 33.2 Å². The van der Waals surface area contributed by atoms with Gasteiger partial charge in [0.25, 0.3) is 0 Å². The first-order valence-corrected chi connectivity index (χ1v) is 9.53. The van der Waals surface area contributed by atoms with Gasteiger partial charge in [0.15, 0.2) is 17.3 Å². The molecule has 4 rings (SSSR count). The molecule has 3 aromatic heterocycles. The van der Waals surface area contributed by atoms with Crippen LogP contribution in [0.25, 0.3) is 11.2 Å². The zero-order valence-corrected chi connectivity index (χ0v) is 18.0. The highest BCUT2D eigenvalue weighted by molar-refractivity contribution is 9.10. The molecule has 0 aliphatic rings. The molecular formula is C18H16BrClN6O3. The molecule has 150 valence electrons. The summed E-state index contributed by atoms with van der Waals surface area (Å²) in [6.07, 6.45) is 3.47. The van der Waals surface area contributed by atoms with E-state index in [-0.39, 0.29) is 5.28 Å². The highest BCUT2D eigenvalue weighted by Crippen LogP contribution is 2.39. The van der Waals surface area contributed by atoms with Crippen LogP contribution in [-0.4, -0.2) is 45.5 Å². The molecule has 0 aliphatic carbocycles. The Morgan fingerprint density at radius 2 is 1.79 bits per heavy atom. The van der Waals surface area contributed by atoms with Crippen molar-refractivity contribution >= 4 is 44.7 Å². The second-order valence-corrected chi connectivity index (χ2v) is 7.01. The van der Waals surface area contributed by atoms with Crippen molar-refractivity contribution in [2.45, 2.75) is 0 Å². The fourth-order valence-electron chi connectivity index (χ4n) is 2.90. The maximum absolute atomic E-state index is 6.05. The highest BCUT2D eigenvalue weighted by Gasteiger charge is 2.15. The smallest absolute Gasteiger partial charge is 0.243 e. The molecule has 11 heteroatoms. The van der Waals surface area contributed by atoms with E-state index in [4.69, 9.17) is 25.8 Å². The average Bonchev–Trinajstić information content (AvgIpc) is 3.34. The number of rotatable bonds is 6. The number of nitrogens with zero attached hydrogens (tertiary/aromatic N) is 5. The van der Waals surface area contributed by atoms with Crippen molar-refractivity contribution in [2.75, 3.05) is 26.6 Å². The molecular weight excluding hydrogens is 464 g/mol. The Balaban J connectivity index is 1.70. The van der Waals surface area contributed by atoms with Gasteiger partial charge >= 0.3 is 0 Å². The van der Waals surface area contributed by atoms with Gasteiger partial charge in [0.2, 0.25) is 11.0 Å². The topological polar surface area (TPSA) is 87.7 Å². The van der Waals surface area contributed by atoms with Crippen LogP contribution in [-0.2, 0) is 0 Å². The fraction of sp³-hybridized carbons (Fsp3) is 0.167. The van der Waals surface area contributed by atoms with Crippen molar-refractivity contribution in [2.24, 2.45) is 0 Å². The first-order valence-electron chi connectivity index (χ1n) is 8.36. The van der Waals surface area contributed by atoms with E-state index in [2.05, 4.69) is 36.3 Å². The summed E-state index contributed by atoms with van der Waals surface area (Å²) >= 11 is 9.47. The summed E-state index contributed by atoms with van der Waals surface area (Å²) in [7, 11) is 4.70. The van der Waals surface area contributed by atoms with E-state index < -0.39 is 0 Å². The zero-order chi connectivity index (χ0) is 20.5. The van der Waals surface area contributed by atoms with Gasteiger partial charge in [-0.05, 0) is 39.7 Å². The standard InChI is InChI=1S/C18H16BrClN6O3/c1-27-12-6-10(7-13(28-2)16(12)29-3)25-8-15(21-9-25)22-17-11-4-5-14(19)26(11)24-18(20)23-17/h4-9H,1-3H3,(H,22,23,24). The summed E-state index contributed by atoms with van der Waals surface area (Å²) in [5.74, 6) is 2.73. The Hall–Kier alpha value is -2.98. The number of imidazole rings is 1. The van der Waals surface area contributed by atoms with Crippen molar-refractivity contribution in [3.63, 3.8) is 0 Å². The van der Waals surface area contributed by atoms with E-state index >= 15 is 0 Å². The van der Waals surface area contributed by atoms with Gasteiger partial charge in [-0.25, -0.2) is 9.50 Å². The van der Waals surface area contributed by atoms with Gasteiger partial charge in [0.1, 0.15) is 22.3 Å². The number of benzene rings is 1. The van der Waals surface area contributed by atoms with E-state index in [1.54, 1.807) is 32.2 Å². The Morgan fingerprint density at radius 3 is 2.45 bits per heavy atom. The maximum Gasteiger partial charge on any atom is 0.243 e. The van der Waals surface area contributed by atoms with E-state index in [9.17, 15) is 0 Å². The number of ether oxygens (including phenoxy) is 3. The predicted octanol–water partition coefficient (Wildman–Crippen LogP) is 4.10. The molecule has 3 heterocycles. The van der Waals surface area contributed by atoms with Crippen molar-refractivity contribution in [1.29, 1.82) is 0 Å². The minimum Gasteiger partial charge on any atom is -0.493 e. The Bertz CT molecular complexity index is 1170. The van der Waals surface area contributed by atoms with E-state index in [0.29, 0.717) is 28.9 Å². The maximum atomic E-state index is 6.05. The minimum atomic E-state index is 0.112. The summed E-state index contributed by atoms with van der Waals surface area (Å²) in [5.41, 5.74) is 1.54. The molecule has 9 nitrogen and oxygen atoms in total. The van der Waals surface area contributed by atoms with Gasteiger partial charge < -0.3 is 24.1 Å². The van der Waals surface area contributed by atoms with E-state index in [1.807, 2.05) is 35.0 Å². The molecule has 0 aliphatic heterocycles. The third kappa shape index (κ3) is 3.56. The van der Waals surface area contributed by atoms with Crippen LogP contribution in [0.4, 0.5) is 11.6 Å². The van der Waals surface area contributed by atoms with Crippen molar-refractivity contribution < 1.29 is 14.2 Å². The SMILES string of the molecule is COc1cc(-n2cnc(Nc3nc(Cl)nn4c(Br)ccc34)c2)cc(OC)c1OC. The van der Waals surface area contributed by atoms with Crippen LogP contribution in [0.5, 0.6) is 17.2 Å². The molecule has 0 atom stereocenters. The molecule has 0 saturated heterocycles. The summed E-state index contributed by atoms with van der Waals surface area (Å²) in [6.45, 7) is 0. The number of anilines is 2. The Kier molecular flexibility index (Phi) is 5.20. The number of aromatic nitrogens is 5. The number of halogens is 2. The van der Waals surface area contributed by atoms with Crippen molar-refractivity contribution in [3.05, 3.63) is 46.7 Å². The lowest BCUT2D eigenvalue weighted by molar-refractivity contribution is 0.324. The largest absolute Gasteiger partial charge is 0.493 e. The molecule has 4 aromatic rings. The van der Waals surface area contributed by atoms with Gasteiger partial charge in [-0.15, -0.1) is 5.10 Å². The number of hydrogen-bond donors (Lipinski definition) is 1. The second kappa shape index (κ2) is 7.80. The number of fused-ring (bicyclic) bond motifs is 1. The number of hydrogen-bond acceptors (Lipinski definition) is 7. The summed E-state index contributed by atoms with van der Waals surface area (Å²) in [5, 5.41) is 7.45. The lowest BCUT2D eigenvalue weighted by Gasteiger charge is -2.14. The lowest BCUT2D eigenvalue weighted by Crippen LogP contribution is -2.02. The molecule has 0 radical (unpaired) electrons. The van der Waals surface area contributed by atoms with Gasteiger partial charge in [-0.3, -0.25) is 0 Å². The fourth-order valence-corrected chi connectivity index (χ4v) is 3.46. The van der Waals surface area contributed by atoms with Crippen LogP contribution in [0.3, 0.4) is 0 Å². The van der Waals surface area contributed by atoms with Crippen LogP contribution < -0.4 is 19.5 Å². The molecule has 0 unspecified atom stereocenters. The first-order chi connectivity index (χ1) is 14.0. The van der Waals surface area contributed by atoms with Crippen LogP contribution in [0.2, 0.25) is 5.28 Å². The summed E-state index contributed by atoms with van der Waals surface area (Å²) < 4.78 is 20.4. The molecule has 1 aromatic carbocycles. The van der Waals surface area contributed by atoms with Crippen LogP contribution in [0, 0.1) is 0 Å². The van der Waals surface area contributed by atoms with Crippen molar-refractivity contribution in [3.8, 4) is 22.9 Å². The highest BCUT2D eigenvalue weighted by atomic mass is 79.9. The van der Waals surface area contributed by atoms with Crippen LogP contribution in [0.1, 0.15) is 0 Å². The van der Waals surface area contributed by atoms with Crippen LogP contribution >= 0.6 is 27.5 Å². The minimum absolute atomic E-state index is 0.112. The molecule has 29 heavy (non-hydrogen) atoms. The van der Waals surface area contributed by atoms with Gasteiger partial charge in [-0.1, -0.05) is 0 Å². The molecule has 0 bridgehead atoms. The first kappa shape index (κ1) is 19.3. The quantitative estimate of drug-likeness (QED) is 0.445. The number of nitrogens with one attached hydrogen (secondary N) is 1. The Labute approximate surface area is 179 Å². The van der Waals surface area contributed by atoms with E-state index in [0.717, 1.165) is 15.8 Å². The second-order valence-electron chi connectivity index (χ2n) is 5.86. The normalized spacial score (nSPS) is 10.9. The third-order valence-corrected chi connectivity index (χ3v) is 4.98. The third-order valence-electron chi connectivity index (χ3n) is 4.22. The van der Waals surface area contributed by atoms with E-state index in [1.165, 1.54) is 0 Å². The predicted molar refractivity (Wildman–Crippen MR) is 112 cm³/mol. The number of methoxy groups -OCH3 is 3. The lowest BCUT2D eigenvalue weighted by atomic mass is 10.2. The molecule has 0 fully saturated rings. The van der Waals surface area contributed by atoms with Crippen LogP contribution in [0.15, 0.2) is 41.4 Å². The zero-order valence-electron chi connectivity index (χ0n) is 15.7. The average molecular weight is 480 g/mol. The van der Waals surface area contributed by atoms with Gasteiger partial charge in [-0.2, -0.15) is 4.98 Å². The molecule has 0 saturated carbocycles. The molecule has 0 spiro atoms. The molecule has 1 N–H and O–H groups in total. The summed E-state index contributed by atoms with van der Waals surface area (Å²) in [6, 6.07) is 7.40. The molecule has 0 amide bonds. The van der Waals surface area contributed by atoms with Gasteiger partial charge in [0, 0.05) is 12.1 Å². The Morgan fingerprint density at radius 1 is 1.07 bits per heavy atom. The summed E-state index contributed by atoms with van der Waals surface area (Å²) in [4.78, 5) is 8.66. The van der Waals surface area contributed by atoms with Crippen molar-refractivity contribution in [1.82, 2.24) is 24.1 Å². The monoisotopic (exact) mass is 478 g/mol.